The number of fused-ring (bicyclic) bond motifs is 1. The van der Waals surface area contributed by atoms with E-state index < -0.39 is 11.5 Å². The molecule has 1 amide bonds. The number of carboxylic acids is 1. The van der Waals surface area contributed by atoms with Crippen molar-refractivity contribution in [3.63, 3.8) is 0 Å². The molecule has 0 spiro atoms. The Balaban J connectivity index is 2.33. The number of nitrogens with one attached hydrogen (secondary N) is 3. The van der Waals surface area contributed by atoms with Crippen LogP contribution in [0.4, 0.5) is 0 Å². The molecular weight excluding hydrogens is 318 g/mol. The maximum absolute atomic E-state index is 11.9. The fraction of sp³-hybridized carbons (Fsp3) is 0.286. The molecule has 0 fully saturated rings. The number of carbonyl (C=O) groups is 2. The number of aromatic nitrogens is 1. The molecule has 0 saturated carbocycles. The molecule has 9 heteroatoms. The minimum Gasteiger partial charge on any atom is -0.479 e. The van der Waals surface area contributed by atoms with Gasteiger partial charge in [-0.05, 0) is 25.0 Å². The molecule has 1 aromatic heterocycles. The Bertz CT molecular complexity index is 699. The van der Waals surface area contributed by atoms with Crippen molar-refractivity contribution in [2.75, 3.05) is 6.54 Å². The van der Waals surface area contributed by atoms with Crippen LogP contribution in [0.2, 0.25) is 0 Å². The predicted molar refractivity (Wildman–Crippen MR) is 87.3 cm³/mol. The number of aliphatic carboxylic acids is 1. The third-order valence-electron chi connectivity index (χ3n) is 3.37. The van der Waals surface area contributed by atoms with E-state index in [1.54, 1.807) is 6.07 Å². The first-order valence-corrected chi connectivity index (χ1v) is 7.70. The number of guanidine groups is 1. The number of carboxylic acid groups (broad SMARTS) is 1. The zero-order valence-electron chi connectivity index (χ0n) is 12.2. The minimum atomic E-state index is -1.59. The van der Waals surface area contributed by atoms with Crippen LogP contribution in [0.1, 0.15) is 17.8 Å². The average molecular weight is 335 g/mol. The van der Waals surface area contributed by atoms with Crippen molar-refractivity contribution in [3.8, 4) is 0 Å². The summed E-state index contributed by atoms with van der Waals surface area (Å²) in [5.74, 6) is -1.36. The number of nitrogens with two attached hydrogens (primary N) is 1. The topological polar surface area (TPSA) is 141 Å². The number of benzene rings is 1. The van der Waals surface area contributed by atoms with E-state index in [9.17, 15) is 14.7 Å². The van der Waals surface area contributed by atoms with Gasteiger partial charge in [-0.15, -0.1) is 11.3 Å². The lowest BCUT2D eigenvalue weighted by molar-refractivity contribution is -0.147. The van der Waals surface area contributed by atoms with E-state index in [4.69, 9.17) is 11.1 Å². The summed E-state index contributed by atoms with van der Waals surface area (Å²) in [6, 6.07) is 7.30. The lowest BCUT2D eigenvalue weighted by atomic mass is 9.94. The number of nitrogens with zero attached hydrogens (tertiary/aromatic N) is 1. The summed E-state index contributed by atoms with van der Waals surface area (Å²) in [5, 5.41) is 22.1. The average Bonchev–Trinajstić information content (AvgIpc) is 2.94. The fourth-order valence-electron chi connectivity index (χ4n) is 2.23. The highest BCUT2D eigenvalue weighted by molar-refractivity contribution is 7.18. The van der Waals surface area contributed by atoms with Crippen LogP contribution < -0.4 is 16.4 Å². The summed E-state index contributed by atoms with van der Waals surface area (Å²) in [6.07, 6.45) is 0.891. The van der Waals surface area contributed by atoms with Gasteiger partial charge in [-0.25, -0.2) is 9.78 Å². The number of thiazole rings is 1. The molecule has 0 aliphatic heterocycles. The van der Waals surface area contributed by atoms with E-state index in [1.165, 1.54) is 11.3 Å². The van der Waals surface area contributed by atoms with E-state index in [2.05, 4.69) is 15.6 Å². The van der Waals surface area contributed by atoms with E-state index in [-0.39, 0.29) is 12.4 Å². The molecule has 23 heavy (non-hydrogen) atoms. The Kier molecular flexibility index (Phi) is 5.12. The van der Waals surface area contributed by atoms with Crippen molar-refractivity contribution in [1.29, 1.82) is 5.41 Å². The molecule has 1 atom stereocenters. The van der Waals surface area contributed by atoms with Gasteiger partial charge in [0.15, 0.2) is 11.5 Å². The van der Waals surface area contributed by atoms with Crippen LogP contribution in [0.15, 0.2) is 24.3 Å². The minimum absolute atomic E-state index is 0.126. The Labute approximate surface area is 136 Å². The number of carbonyl (C=O) groups excluding carboxylic acids is 1. The molecule has 122 valence electrons. The molecular formula is C14H17N5O3S. The molecule has 2 rings (SSSR count). The quantitative estimate of drug-likeness (QED) is 0.207. The molecule has 6 N–H and O–H groups in total. The smallest absolute Gasteiger partial charge is 0.336 e. The van der Waals surface area contributed by atoms with Crippen molar-refractivity contribution in [3.05, 3.63) is 29.3 Å². The molecule has 0 bridgehead atoms. The highest BCUT2D eigenvalue weighted by Gasteiger charge is 2.42. The van der Waals surface area contributed by atoms with E-state index >= 15 is 0 Å². The lowest BCUT2D eigenvalue weighted by Crippen LogP contribution is -2.49. The second-order valence-electron chi connectivity index (χ2n) is 4.90. The Morgan fingerprint density at radius 2 is 2.22 bits per heavy atom. The monoisotopic (exact) mass is 335 g/mol. The standard InChI is InChI=1S/C14H17N5O3S/c15-13(16)17-7-3-6-14(12(21)22,18-8-20)11-19-9-4-1-2-5-10(9)23-11/h1-2,4-5,8H,3,6-7H2,(H,18,20)(H,21,22)(H4,15,16,17)/t14-/m1/s1. The Hall–Kier alpha value is -2.68. The van der Waals surface area contributed by atoms with Crippen LogP contribution in [0, 0.1) is 5.41 Å². The second kappa shape index (κ2) is 7.05. The summed E-state index contributed by atoms with van der Waals surface area (Å²) in [4.78, 5) is 27.2. The Morgan fingerprint density at radius 3 is 2.83 bits per heavy atom. The second-order valence-corrected chi connectivity index (χ2v) is 5.93. The molecule has 0 aliphatic rings. The van der Waals surface area contributed by atoms with E-state index in [0.29, 0.717) is 29.9 Å². The van der Waals surface area contributed by atoms with Gasteiger partial charge in [0.1, 0.15) is 5.01 Å². The lowest BCUT2D eigenvalue weighted by Gasteiger charge is -2.26. The first kappa shape index (κ1) is 16.7. The molecule has 0 unspecified atom stereocenters. The number of hydrogen-bond donors (Lipinski definition) is 5. The maximum Gasteiger partial charge on any atom is 0.336 e. The van der Waals surface area contributed by atoms with Gasteiger partial charge in [0.25, 0.3) is 0 Å². The Morgan fingerprint density at radius 1 is 1.48 bits per heavy atom. The number of rotatable bonds is 8. The SMILES string of the molecule is N=C(N)NCCC[C@](NC=O)(C(=O)O)c1nc2ccccc2s1. The first-order valence-electron chi connectivity index (χ1n) is 6.88. The summed E-state index contributed by atoms with van der Waals surface area (Å²) in [7, 11) is 0. The van der Waals surface area contributed by atoms with E-state index in [0.717, 1.165) is 4.70 Å². The number of hydrogen-bond acceptors (Lipinski definition) is 5. The fourth-order valence-corrected chi connectivity index (χ4v) is 3.37. The predicted octanol–water partition coefficient (Wildman–Crippen LogP) is 0.585. The van der Waals surface area contributed by atoms with Crippen LogP contribution in [0.3, 0.4) is 0 Å². The van der Waals surface area contributed by atoms with Crippen LogP contribution in [0.5, 0.6) is 0 Å². The van der Waals surface area contributed by atoms with Gasteiger partial charge >= 0.3 is 5.97 Å². The van der Waals surface area contributed by atoms with Crippen LogP contribution >= 0.6 is 11.3 Å². The third kappa shape index (κ3) is 3.57. The van der Waals surface area contributed by atoms with Crippen molar-refractivity contribution in [2.45, 2.75) is 18.4 Å². The number of para-hydroxylation sites is 1. The van der Waals surface area contributed by atoms with E-state index in [1.807, 2.05) is 18.2 Å². The van der Waals surface area contributed by atoms with Gasteiger partial charge in [-0.3, -0.25) is 10.2 Å². The summed E-state index contributed by atoms with van der Waals surface area (Å²) < 4.78 is 0.850. The molecule has 2 aromatic rings. The summed E-state index contributed by atoms with van der Waals surface area (Å²) in [6.45, 7) is 0.329. The molecule has 1 aromatic carbocycles. The van der Waals surface area contributed by atoms with Crippen molar-refractivity contribution >= 4 is 39.9 Å². The highest BCUT2D eigenvalue weighted by Crippen LogP contribution is 2.33. The van der Waals surface area contributed by atoms with Crippen molar-refractivity contribution in [2.24, 2.45) is 5.73 Å². The van der Waals surface area contributed by atoms with Gasteiger partial charge in [0.05, 0.1) is 10.2 Å². The number of amides is 1. The van der Waals surface area contributed by atoms with Crippen LogP contribution in [0.25, 0.3) is 10.2 Å². The zero-order chi connectivity index (χ0) is 16.9. The highest BCUT2D eigenvalue weighted by atomic mass is 32.1. The summed E-state index contributed by atoms with van der Waals surface area (Å²) in [5.41, 5.74) is 4.29. The largest absolute Gasteiger partial charge is 0.479 e. The maximum atomic E-state index is 11.9. The van der Waals surface area contributed by atoms with Gasteiger partial charge in [0, 0.05) is 6.54 Å². The van der Waals surface area contributed by atoms with Crippen molar-refractivity contribution in [1.82, 2.24) is 15.6 Å². The van der Waals surface area contributed by atoms with Gasteiger partial charge in [-0.1, -0.05) is 12.1 Å². The van der Waals surface area contributed by atoms with Crippen molar-refractivity contribution < 1.29 is 14.7 Å². The van der Waals surface area contributed by atoms with Gasteiger partial charge < -0.3 is 21.5 Å². The first-order chi connectivity index (χ1) is 11.0. The van der Waals surface area contributed by atoms with Gasteiger partial charge in [0.2, 0.25) is 6.41 Å². The summed E-state index contributed by atoms with van der Waals surface area (Å²) >= 11 is 1.24. The molecule has 0 saturated heterocycles. The molecule has 8 nitrogen and oxygen atoms in total. The zero-order valence-corrected chi connectivity index (χ0v) is 13.0. The molecule has 0 aliphatic carbocycles. The third-order valence-corrected chi connectivity index (χ3v) is 4.57. The molecule has 0 radical (unpaired) electrons. The van der Waals surface area contributed by atoms with Crippen LogP contribution in [-0.4, -0.2) is 35.0 Å². The normalized spacial score (nSPS) is 13.2. The molecule has 1 heterocycles. The van der Waals surface area contributed by atoms with Crippen LogP contribution in [-0.2, 0) is 15.1 Å². The van der Waals surface area contributed by atoms with Gasteiger partial charge in [-0.2, -0.15) is 0 Å².